The van der Waals surface area contributed by atoms with Crippen LogP contribution < -0.4 is 10.6 Å². The van der Waals surface area contributed by atoms with E-state index in [0.717, 1.165) is 48.1 Å². The Labute approximate surface area is 119 Å². The molecule has 2 N–H and O–H groups in total. The number of anilines is 2. The van der Waals surface area contributed by atoms with E-state index in [2.05, 4.69) is 16.0 Å². The smallest absolute Gasteiger partial charge is 0.129 e. The lowest BCUT2D eigenvalue weighted by atomic mass is 10.2. The van der Waals surface area contributed by atoms with E-state index in [0.29, 0.717) is 0 Å². The molecule has 20 heavy (non-hydrogen) atoms. The molecule has 106 valence electrons. The highest BCUT2D eigenvalue weighted by Crippen LogP contribution is 2.28. The first kappa shape index (κ1) is 13.2. The number of fused-ring (bicyclic) bond motifs is 1. The maximum absolute atomic E-state index is 5.78. The highest BCUT2D eigenvalue weighted by Gasteiger charge is 2.20. The number of hydrogen-bond donors (Lipinski definition) is 1. The Balaban J connectivity index is 1.61. The summed E-state index contributed by atoms with van der Waals surface area (Å²) < 4.78 is 5.67. The Morgan fingerprint density at radius 1 is 1.30 bits per heavy atom. The van der Waals surface area contributed by atoms with E-state index in [-0.39, 0.29) is 0 Å². The lowest BCUT2D eigenvalue weighted by Gasteiger charge is -2.18. The quantitative estimate of drug-likeness (QED) is 0.648. The zero-order valence-electron chi connectivity index (χ0n) is 11.9. The molecule has 0 amide bonds. The van der Waals surface area contributed by atoms with E-state index in [1.807, 2.05) is 31.3 Å². The van der Waals surface area contributed by atoms with Gasteiger partial charge in [-0.1, -0.05) is 0 Å². The summed E-state index contributed by atoms with van der Waals surface area (Å²) in [7, 11) is 2.05. The van der Waals surface area contributed by atoms with Gasteiger partial charge in [0.2, 0.25) is 0 Å². The van der Waals surface area contributed by atoms with Crippen molar-refractivity contribution >= 4 is 22.4 Å². The molecule has 0 bridgehead atoms. The van der Waals surface area contributed by atoms with Gasteiger partial charge in [-0.2, -0.15) is 0 Å². The summed E-state index contributed by atoms with van der Waals surface area (Å²) >= 11 is 0. The molecule has 0 radical (unpaired) electrons. The van der Waals surface area contributed by atoms with Crippen LogP contribution in [-0.2, 0) is 4.74 Å². The third-order valence-corrected chi connectivity index (χ3v) is 3.71. The lowest BCUT2D eigenvalue weighted by molar-refractivity contribution is 0.131. The Hall–Kier alpha value is -1.81. The number of benzene rings is 1. The van der Waals surface area contributed by atoms with Crippen LogP contribution in [0.4, 0.5) is 11.5 Å². The summed E-state index contributed by atoms with van der Waals surface area (Å²) in [5.41, 5.74) is 7.52. The molecule has 3 rings (SSSR count). The van der Waals surface area contributed by atoms with Gasteiger partial charge < -0.3 is 15.4 Å². The zero-order valence-corrected chi connectivity index (χ0v) is 11.9. The summed E-state index contributed by atoms with van der Waals surface area (Å²) in [6, 6.07) is 9.90. The summed E-state index contributed by atoms with van der Waals surface area (Å²) in [6.45, 7) is 2.53. The molecule has 0 atom stereocenters. The van der Waals surface area contributed by atoms with Crippen LogP contribution >= 0.6 is 0 Å². The maximum atomic E-state index is 5.78. The van der Waals surface area contributed by atoms with Crippen molar-refractivity contribution in [3.63, 3.8) is 0 Å². The van der Waals surface area contributed by atoms with E-state index >= 15 is 0 Å². The second-order valence-corrected chi connectivity index (χ2v) is 5.56. The SMILES string of the molecule is CN(CCOCC1CC1)c1ccc2cc(N)ccc2n1. The predicted molar refractivity (Wildman–Crippen MR) is 83.0 cm³/mol. The molecular formula is C16H21N3O. The highest BCUT2D eigenvalue weighted by atomic mass is 16.5. The van der Waals surface area contributed by atoms with Crippen LogP contribution in [0.1, 0.15) is 12.8 Å². The Bertz CT molecular complexity index is 595. The van der Waals surface area contributed by atoms with E-state index in [4.69, 9.17) is 10.5 Å². The van der Waals surface area contributed by atoms with Crippen LogP contribution in [0.5, 0.6) is 0 Å². The second kappa shape index (κ2) is 5.67. The van der Waals surface area contributed by atoms with E-state index in [1.54, 1.807) is 0 Å². The number of hydrogen-bond acceptors (Lipinski definition) is 4. The first-order chi connectivity index (χ1) is 9.72. The molecule has 4 nitrogen and oxygen atoms in total. The van der Waals surface area contributed by atoms with Crippen LogP contribution in [0, 0.1) is 5.92 Å². The largest absolute Gasteiger partial charge is 0.399 e. The first-order valence-corrected chi connectivity index (χ1v) is 7.17. The van der Waals surface area contributed by atoms with Gasteiger partial charge in [-0.3, -0.25) is 0 Å². The normalized spacial score (nSPS) is 14.7. The number of likely N-dealkylation sites (N-methyl/N-ethyl adjacent to an activating group) is 1. The van der Waals surface area contributed by atoms with E-state index in [1.165, 1.54) is 12.8 Å². The number of ether oxygens (including phenoxy) is 1. The Kier molecular flexibility index (Phi) is 3.74. The molecule has 1 saturated carbocycles. The fourth-order valence-electron chi connectivity index (χ4n) is 2.20. The number of pyridine rings is 1. The molecule has 1 heterocycles. The summed E-state index contributed by atoms with van der Waals surface area (Å²) in [5, 5.41) is 1.08. The van der Waals surface area contributed by atoms with Crippen molar-refractivity contribution in [1.29, 1.82) is 0 Å². The molecule has 2 aromatic rings. The van der Waals surface area contributed by atoms with Gasteiger partial charge in [-0.15, -0.1) is 0 Å². The van der Waals surface area contributed by atoms with Crippen molar-refractivity contribution in [2.75, 3.05) is 37.4 Å². The van der Waals surface area contributed by atoms with Crippen molar-refractivity contribution in [3.8, 4) is 0 Å². The van der Waals surface area contributed by atoms with Crippen molar-refractivity contribution in [2.24, 2.45) is 5.92 Å². The summed E-state index contributed by atoms with van der Waals surface area (Å²) in [4.78, 5) is 6.78. The average molecular weight is 271 g/mol. The number of nitrogens with two attached hydrogens (primary N) is 1. The van der Waals surface area contributed by atoms with Crippen LogP contribution in [0.25, 0.3) is 10.9 Å². The van der Waals surface area contributed by atoms with Crippen molar-refractivity contribution in [1.82, 2.24) is 4.98 Å². The molecule has 1 aromatic heterocycles. The minimum absolute atomic E-state index is 0.758. The van der Waals surface area contributed by atoms with Gasteiger partial charge in [0.05, 0.1) is 12.1 Å². The van der Waals surface area contributed by atoms with Crippen molar-refractivity contribution < 1.29 is 4.74 Å². The molecule has 0 unspecified atom stereocenters. The predicted octanol–water partition coefficient (Wildman–Crippen LogP) is 2.68. The Morgan fingerprint density at radius 2 is 2.15 bits per heavy atom. The molecular weight excluding hydrogens is 250 g/mol. The van der Waals surface area contributed by atoms with E-state index < -0.39 is 0 Å². The summed E-state index contributed by atoms with van der Waals surface area (Å²) in [6.07, 6.45) is 2.68. The fourth-order valence-corrected chi connectivity index (χ4v) is 2.20. The molecule has 0 spiro atoms. The van der Waals surface area contributed by atoms with Crippen molar-refractivity contribution in [2.45, 2.75) is 12.8 Å². The topological polar surface area (TPSA) is 51.4 Å². The van der Waals surface area contributed by atoms with Crippen molar-refractivity contribution in [3.05, 3.63) is 30.3 Å². The molecule has 0 saturated heterocycles. The fraction of sp³-hybridized carbons (Fsp3) is 0.438. The Morgan fingerprint density at radius 3 is 2.95 bits per heavy atom. The molecule has 4 heteroatoms. The van der Waals surface area contributed by atoms with Gasteiger partial charge in [0.1, 0.15) is 5.82 Å². The molecule has 1 fully saturated rings. The molecule has 1 aromatic carbocycles. The molecule has 1 aliphatic carbocycles. The summed E-state index contributed by atoms with van der Waals surface area (Å²) in [5.74, 6) is 1.79. The highest BCUT2D eigenvalue weighted by molar-refractivity contribution is 5.83. The van der Waals surface area contributed by atoms with Gasteiger partial charge >= 0.3 is 0 Å². The minimum atomic E-state index is 0.758. The van der Waals surface area contributed by atoms with Crippen LogP contribution in [0.15, 0.2) is 30.3 Å². The van der Waals surface area contributed by atoms with Gasteiger partial charge in [0.25, 0.3) is 0 Å². The number of rotatable bonds is 6. The maximum Gasteiger partial charge on any atom is 0.129 e. The molecule has 0 aliphatic heterocycles. The number of nitrogen functional groups attached to an aromatic ring is 1. The van der Waals surface area contributed by atoms with E-state index in [9.17, 15) is 0 Å². The van der Waals surface area contributed by atoms with Crippen LogP contribution in [0.2, 0.25) is 0 Å². The van der Waals surface area contributed by atoms with Gasteiger partial charge in [-0.05, 0) is 49.1 Å². The van der Waals surface area contributed by atoms with Gasteiger partial charge in [-0.25, -0.2) is 4.98 Å². The van der Waals surface area contributed by atoms with Gasteiger partial charge in [0.15, 0.2) is 0 Å². The van der Waals surface area contributed by atoms with Crippen LogP contribution in [-0.4, -0.2) is 31.8 Å². The minimum Gasteiger partial charge on any atom is -0.399 e. The molecule has 1 aliphatic rings. The lowest BCUT2D eigenvalue weighted by Crippen LogP contribution is -2.23. The standard InChI is InChI=1S/C16H21N3O/c1-19(8-9-20-11-12-2-3-12)16-7-4-13-10-14(17)5-6-15(13)18-16/h4-7,10,12H,2-3,8-9,11,17H2,1H3. The monoisotopic (exact) mass is 271 g/mol. The van der Waals surface area contributed by atoms with Crippen LogP contribution in [0.3, 0.4) is 0 Å². The third kappa shape index (κ3) is 3.20. The zero-order chi connectivity index (χ0) is 13.9. The van der Waals surface area contributed by atoms with Gasteiger partial charge in [0, 0.05) is 31.3 Å². The average Bonchev–Trinajstić information content (AvgIpc) is 3.27. The first-order valence-electron chi connectivity index (χ1n) is 7.17. The number of aromatic nitrogens is 1. The third-order valence-electron chi connectivity index (χ3n) is 3.71. The second-order valence-electron chi connectivity index (χ2n) is 5.56. The number of nitrogens with zero attached hydrogens (tertiary/aromatic N) is 2.